The lowest BCUT2D eigenvalue weighted by Crippen LogP contribution is -2.28. The molecule has 0 aliphatic heterocycles. The number of hydrogen-bond donors (Lipinski definition) is 0. The summed E-state index contributed by atoms with van der Waals surface area (Å²) in [6.45, 7) is 3.95. The van der Waals surface area contributed by atoms with E-state index in [2.05, 4.69) is 15.9 Å². The third-order valence-electron chi connectivity index (χ3n) is 2.08. The summed E-state index contributed by atoms with van der Waals surface area (Å²) in [5.74, 6) is 0.104. The molecule has 0 bridgehead atoms. The molecule has 17 heavy (non-hydrogen) atoms. The fraction of sp³-hybridized carbons (Fsp3) is 0.417. The van der Waals surface area contributed by atoms with Gasteiger partial charge in [0, 0.05) is 4.47 Å². The number of rotatable bonds is 5. The molecule has 3 nitrogen and oxygen atoms in total. The summed E-state index contributed by atoms with van der Waals surface area (Å²) in [6, 6.07) is 5.24. The average Bonchev–Trinajstić information content (AvgIpc) is 2.30. The molecular formula is C12H14BrClO3. The van der Waals surface area contributed by atoms with Gasteiger partial charge in [0.25, 0.3) is 0 Å². The SMILES string of the molecule is CCOC(=O)C(CC)Oc1cc(Br)ccc1Cl. The number of carbonyl (C=O) groups excluding carboxylic acids is 1. The van der Waals surface area contributed by atoms with E-state index in [-0.39, 0.29) is 5.97 Å². The topological polar surface area (TPSA) is 35.5 Å². The van der Waals surface area contributed by atoms with Crippen molar-refractivity contribution < 1.29 is 14.3 Å². The van der Waals surface area contributed by atoms with Gasteiger partial charge in [-0.1, -0.05) is 34.5 Å². The van der Waals surface area contributed by atoms with E-state index < -0.39 is 6.10 Å². The van der Waals surface area contributed by atoms with Gasteiger partial charge in [0.15, 0.2) is 6.10 Å². The smallest absolute Gasteiger partial charge is 0.347 e. The lowest BCUT2D eigenvalue weighted by Gasteiger charge is -2.16. The van der Waals surface area contributed by atoms with Crippen molar-refractivity contribution in [2.75, 3.05) is 6.61 Å². The highest BCUT2D eigenvalue weighted by Crippen LogP contribution is 2.29. The summed E-state index contributed by atoms with van der Waals surface area (Å²) in [5, 5.41) is 0.468. The lowest BCUT2D eigenvalue weighted by atomic mass is 10.2. The summed E-state index contributed by atoms with van der Waals surface area (Å²) < 4.78 is 11.3. The number of halogens is 2. The molecule has 1 unspecified atom stereocenters. The molecule has 94 valence electrons. The van der Waals surface area contributed by atoms with Crippen LogP contribution in [0.15, 0.2) is 22.7 Å². The number of esters is 1. The molecule has 0 radical (unpaired) electrons. The van der Waals surface area contributed by atoms with Crippen LogP contribution >= 0.6 is 27.5 Å². The Labute approximate surface area is 114 Å². The van der Waals surface area contributed by atoms with Crippen LogP contribution in [0.5, 0.6) is 5.75 Å². The zero-order valence-corrected chi connectivity index (χ0v) is 12.0. The Hall–Kier alpha value is -0.740. The van der Waals surface area contributed by atoms with Gasteiger partial charge in [0.2, 0.25) is 0 Å². The Balaban J connectivity index is 2.80. The quantitative estimate of drug-likeness (QED) is 0.773. The molecule has 0 N–H and O–H groups in total. The minimum Gasteiger partial charge on any atom is -0.477 e. The van der Waals surface area contributed by atoms with Crippen LogP contribution in [0.4, 0.5) is 0 Å². The van der Waals surface area contributed by atoms with Crippen molar-refractivity contribution in [3.05, 3.63) is 27.7 Å². The lowest BCUT2D eigenvalue weighted by molar-refractivity contribution is -0.151. The second kappa shape index (κ2) is 6.87. The maximum atomic E-state index is 11.6. The summed E-state index contributed by atoms with van der Waals surface area (Å²) in [6.07, 6.45) is -0.0939. The highest BCUT2D eigenvalue weighted by Gasteiger charge is 2.20. The van der Waals surface area contributed by atoms with Gasteiger partial charge in [0.05, 0.1) is 11.6 Å². The predicted octanol–water partition coefficient (Wildman–Crippen LogP) is 3.82. The van der Waals surface area contributed by atoms with E-state index in [4.69, 9.17) is 21.1 Å². The van der Waals surface area contributed by atoms with Gasteiger partial charge in [-0.15, -0.1) is 0 Å². The Morgan fingerprint density at radius 3 is 2.76 bits per heavy atom. The minimum absolute atomic E-state index is 0.338. The molecule has 0 heterocycles. The maximum Gasteiger partial charge on any atom is 0.347 e. The first-order chi connectivity index (χ1) is 8.08. The maximum absolute atomic E-state index is 11.6. The molecule has 1 rings (SSSR count). The first-order valence-electron chi connectivity index (χ1n) is 5.36. The first kappa shape index (κ1) is 14.3. The molecule has 0 saturated heterocycles. The third kappa shape index (κ3) is 4.21. The second-order valence-electron chi connectivity index (χ2n) is 3.34. The van der Waals surface area contributed by atoms with Crippen LogP contribution in [0, 0.1) is 0 Å². The molecule has 1 aromatic carbocycles. The van der Waals surface area contributed by atoms with Crippen LogP contribution in [-0.2, 0) is 9.53 Å². The van der Waals surface area contributed by atoms with E-state index in [1.807, 2.05) is 6.92 Å². The average molecular weight is 322 g/mol. The van der Waals surface area contributed by atoms with Crippen molar-refractivity contribution in [1.29, 1.82) is 0 Å². The fourth-order valence-corrected chi connectivity index (χ4v) is 1.76. The minimum atomic E-state index is -0.623. The Morgan fingerprint density at radius 1 is 1.47 bits per heavy atom. The molecular weight excluding hydrogens is 307 g/mol. The Bertz CT molecular complexity index is 395. The third-order valence-corrected chi connectivity index (χ3v) is 2.89. The number of carbonyl (C=O) groups is 1. The summed E-state index contributed by atoms with van der Waals surface area (Å²) >= 11 is 9.30. The molecule has 0 aliphatic rings. The normalized spacial score (nSPS) is 12.0. The van der Waals surface area contributed by atoms with E-state index in [0.717, 1.165) is 4.47 Å². The van der Waals surface area contributed by atoms with E-state index in [9.17, 15) is 4.79 Å². The van der Waals surface area contributed by atoms with Crippen molar-refractivity contribution in [3.63, 3.8) is 0 Å². The monoisotopic (exact) mass is 320 g/mol. The summed E-state index contributed by atoms with van der Waals surface area (Å²) in [5.41, 5.74) is 0. The Kier molecular flexibility index (Phi) is 5.78. The van der Waals surface area contributed by atoms with Crippen molar-refractivity contribution in [3.8, 4) is 5.75 Å². The van der Waals surface area contributed by atoms with Crippen LogP contribution in [0.1, 0.15) is 20.3 Å². The molecule has 0 spiro atoms. The van der Waals surface area contributed by atoms with Crippen molar-refractivity contribution >= 4 is 33.5 Å². The van der Waals surface area contributed by atoms with Gasteiger partial charge in [-0.3, -0.25) is 0 Å². The number of ether oxygens (including phenoxy) is 2. The molecule has 0 fully saturated rings. The van der Waals surface area contributed by atoms with Gasteiger partial charge in [-0.05, 0) is 31.5 Å². The summed E-state index contributed by atoms with van der Waals surface area (Å²) in [4.78, 5) is 11.6. The van der Waals surface area contributed by atoms with Crippen LogP contribution in [0.3, 0.4) is 0 Å². The standard InChI is InChI=1S/C12H14BrClO3/c1-3-10(12(15)16-4-2)17-11-7-8(13)5-6-9(11)14/h5-7,10H,3-4H2,1-2H3. The van der Waals surface area contributed by atoms with E-state index >= 15 is 0 Å². The second-order valence-corrected chi connectivity index (χ2v) is 4.66. The number of benzene rings is 1. The van der Waals surface area contributed by atoms with Crippen LogP contribution < -0.4 is 4.74 Å². The Morgan fingerprint density at radius 2 is 2.18 bits per heavy atom. The molecule has 1 aromatic rings. The summed E-state index contributed by atoms with van der Waals surface area (Å²) in [7, 11) is 0. The van der Waals surface area contributed by atoms with Gasteiger partial charge >= 0.3 is 5.97 Å². The number of hydrogen-bond acceptors (Lipinski definition) is 3. The van der Waals surface area contributed by atoms with Gasteiger partial charge in [-0.2, -0.15) is 0 Å². The predicted molar refractivity (Wildman–Crippen MR) is 70.5 cm³/mol. The zero-order chi connectivity index (χ0) is 12.8. The van der Waals surface area contributed by atoms with Crippen LogP contribution in [-0.4, -0.2) is 18.7 Å². The first-order valence-corrected chi connectivity index (χ1v) is 6.53. The van der Waals surface area contributed by atoms with E-state index in [1.165, 1.54) is 0 Å². The van der Waals surface area contributed by atoms with Gasteiger partial charge in [0.1, 0.15) is 5.75 Å². The van der Waals surface area contributed by atoms with Crippen LogP contribution in [0.2, 0.25) is 5.02 Å². The molecule has 1 atom stereocenters. The highest BCUT2D eigenvalue weighted by atomic mass is 79.9. The molecule has 0 aliphatic carbocycles. The fourth-order valence-electron chi connectivity index (χ4n) is 1.25. The molecule has 5 heteroatoms. The van der Waals surface area contributed by atoms with Crippen LogP contribution in [0.25, 0.3) is 0 Å². The van der Waals surface area contributed by atoms with E-state index in [0.29, 0.717) is 23.8 Å². The van der Waals surface area contributed by atoms with Gasteiger partial charge < -0.3 is 9.47 Å². The van der Waals surface area contributed by atoms with Crippen molar-refractivity contribution in [2.24, 2.45) is 0 Å². The highest BCUT2D eigenvalue weighted by molar-refractivity contribution is 9.10. The largest absolute Gasteiger partial charge is 0.477 e. The molecule has 0 saturated carbocycles. The van der Waals surface area contributed by atoms with Crippen molar-refractivity contribution in [2.45, 2.75) is 26.4 Å². The molecule has 0 aromatic heterocycles. The van der Waals surface area contributed by atoms with Gasteiger partial charge in [-0.25, -0.2) is 4.79 Å². The van der Waals surface area contributed by atoms with Crippen molar-refractivity contribution in [1.82, 2.24) is 0 Å². The molecule has 0 amide bonds. The zero-order valence-electron chi connectivity index (χ0n) is 9.70. The van der Waals surface area contributed by atoms with E-state index in [1.54, 1.807) is 25.1 Å².